The Kier molecular flexibility index (Phi) is 3.93. The van der Waals surface area contributed by atoms with Gasteiger partial charge in [-0.15, -0.1) is 0 Å². The van der Waals surface area contributed by atoms with Gasteiger partial charge in [-0.1, -0.05) is 31.5 Å². The quantitative estimate of drug-likeness (QED) is 0.876. The number of hydrogen-bond donors (Lipinski definition) is 1. The van der Waals surface area contributed by atoms with Crippen LogP contribution in [0.5, 0.6) is 0 Å². The Morgan fingerprint density at radius 3 is 2.90 bits per heavy atom. The molecular formula is C18H23NO. The number of benzene rings is 1. The molecule has 3 rings (SSSR count). The summed E-state index contributed by atoms with van der Waals surface area (Å²) in [5.41, 5.74) is 5.45. The SMILES string of the molecule is CCCC(O)c1ccn(Cc2ccc3c(c2)CCC3)c1. The highest BCUT2D eigenvalue weighted by Crippen LogP contribution is 2.24. The molecule has 1 aliphatic carbocycles. The predicted octanol–water partition coefficient (Wildman–Crippen LogP) is 3.86. The van der Waals surface area contributed by atoms with Gasteiger partial charge in [0.15, 0.2) is 0 Å². The van der Waals surface area contributed by atoms with Crippen molar-refractivity contribution in [3.63, 3.8) is 0 Å². The van der Waals surface area contributed by atoms with Gasteiger partial charge >= 0.3 is 0 Å². The lowest BCUT2D eigenvalue weighted by atomic mass is 10.1. The van der Waals surface area contributed by atoms with Crippen molar-refractivity contribution in [1.29, 1.82) is 0 Å². The zero-order chi connectivity index (χ0) is 13.9. The van der Waals surface area contributed by atoms with Crippen molar-refractivity contribution in [3.05, 3.63) is 58.9 Å². The Bertz CT molecular complexity index is 585. The van der Waals surface area contributed by atoms with Crippen LogP contribution in [-0.2, 0) is 19.4 Å². The standard InChI is InChI=1S/C18H23NO/c1-2-4-18(20)17-9-10-19(13-17)12-14-7-8-15-5-3-6-16(15)11-14/h7-11,13,18,20H,2-6,12H2,1H3. The Hall–Kier alpha value is -1.54. The average molecular weight is 269 g/mol. The summed E-state index contributed by atoms with van der Waals surface area (Å²) in [6.45, 7) is 3.00. The van der Waals surface area contributed by atoms with Gasteiger partial charge in [0, 0.05) is 18.9 Å². The van der Waals surface area contributed by atoms with Gasteiger partial charge in [-0.3, -0.25) is 0 Å². The molecule has 2 nitrogen and oxygen atoms in total. The molecule has 0 saturated heterocycles. The maximum Gasteiger partial charge on any atom is 0.0804 e. The highest BCUT2D eigenvalue weighted by Gasteiger charge is 2.11. The number of rotatable bonds is 5. The van der Waals surface area contributed by atoms with Crippen molar-refractivity contribution in [3.8, 4) is 0 Å². The lowest BCUT2D eigenvalue weighted by molar-refractivity contribution is 0.166. The van der Waals surface area contributed by atoms with Crippen LogP contribution in [0.3, 0.4) is 0 Å². The molecule has 1 N–H and O–H groups in total. The molecule has 1 aromatic carbocycles. The van der Waals surface area contributed by atoms with Crippen molar-refractivity contribution in [1.82, 2.24) is 4.57 Å². The van der Waals surface area contributed by atoms with Gasteiger partial charge in [-0.25, -0.2) is 0 Å². The number of fused-ring (bicyclic) bond motifs is 1. The lowest BCUT2D eigenvalue weighted by Gasteiger charge is -2.08. The van der Waals surface area contributed by atoms with Crippen LogP contribution in [0.15, 0.2) is 36.7 Å². The molecule has 0 saturated carbocycles. The molecule has 1 unspecified atom stereocenters. The van der Waals surface area contributed by atoms with Crippen LogP contribution in [0, 0.1) is 0 Å². The van der Waals surface area contributed by atoms with E-state index in [0.29, 0.717) is 0 Å². The van der Waals surface area contributed by atoms with Crippen molar-refractivity contribution < 1.29 is 5.11 Å². The first-order valence-electron chi connectivity index (χ1n) is 7.70. The molecule has 1 atom stereocenters. The Morgan fingerprint density at radius 1 is 1.20 bits per heavy atom. The van der Waals surface area contributed by atoms with E-state index in [9.17, 15) is 5.11 Å². The monoisotopic (exact) mass is 269 g/mol. The van der Waals surface area contributed by atoms with Gasteiger partial charge in [0.25, 0.3) is 0 Å². The second-order valence-electron chi connectivity index (χ2n) is 5.88. The molecule has 0 bridgehead atoms. The molecule has 0 radical (unpaired) electrons. The van der Waals surface area contributed by atoms with Crippen LogP contribution in [0.1, 0.15) is 54.5 Å². The van der Waals surface area contributed by atoms with Gasteiger partial charge in [0.1, 0.15) is 0 Å². The third-order valence-corrected chi connectivity index (χ3v) is 4.25. The van der Waals surface area contributed by atoms with Gasteiger partial charge in [0.05, 0.1) is 6.10 Å². The van der Waals surface area contributed by atoms with Crippen LogP contribution in [0.4, 0.5) is 0 Å². The normalized spacial score (nSPS) is 15.3. The third-order valence-electron chi connectivity index (χ3n) is 4.25. The van der Waals surface area contributed by atoms with E-state index in [2.05, 4.69) is 42.1 Å². The zero-order valence-corrected chi connectivity index (χ0v) is 12.2. The summed E-state index contributed by atoms with van der Waals surface area (Å²) >= 11 is 0. The van der Waals surface area contributed by atoms with Crippen molar-refractivity contribution in [2.45, 2.75) is 51.7 Å². The summed E-state index contributed by atoms with van der Waals surface area (Å²) in [5.74, 6) is 0. The topological polar surface area (TPSA) is 25.2 Å². The number of hydrogen-bond acceptors (Lipinski definition) is 1. The molecular weight excluding hydrogens is 246 g/mol. The lowest BCUT2D eigenvalue weighted by Crippen LogP contribution is -1.99. The van der Waals surface area contributed by atoms with Crippen LogP contribution < -0.4 is 0 Å². The molecule has 2 heteroatoms. The molecule has 0 amide bonds. The number of aryl methyl sites for hydroxylation is 2. The van der Waals surface area contributed by atoms with E-state index in [0.717, 1.165) is 24.9 Å². The number of nitrogens with zero attached hydrogens (tertiary/aromatic N) is 1. The molecule has 1 aliphatic rings. The second kappa shape index (κ2) is 5.84. The fourth-order valence-electron chi connectivity index (χ4n) is 3.13. The largest absolute Gasteiger partial charge is 0.388 e. The average Bonchev–Trinajstić information content (AvgIpc) is 3.07. The van der Waals surface area contributed by atoms with Crippen molar-refractivity contribution in [2.75, 3.05) is 0 Å². The summed E-state index contributed by atoms with van der Waals surface area (Å²) < 4.78 is 2.17. The van der Waals surface area contributed by atoms with Crippen molar-refractivity contribution in [2.24, 2.45) is 0 Å². The minimum atomic E-state index is -0.318. The van der Waals surface area contributed by atoms with Crippen LogP contribution in [0.2, 0.25) is 0 Å². The van der Waals surface area contributed by atoms with Crippen LogP contribution in [0.25, 0.3) is 0 Å². The van der Waals surface area contributed by atoms with Gasteiger partial charge in [-0.05, 0) is 54.0 Å². The summed E-state index contributed by atoms with van der Waals surface area (Å²) in [6.07, 6.45) is 9.45. The summed E-state index contributed by atoms with van der Waals surface area (Å²) in [7, 11) is 0. The molecule has 106 valence electrons. The maximum atomic E-state index is 10.0. The molecule has 0 spiro atoms. The van der Waals surface area contributed by atoms with Gasteiger partial charge in [-0.2, -0.15) is 0 Å². The van der Waals surface area contributed by atoms with E-state index < -0.39 is 0 Å². The Labute approximate surface area is 121 Å². The number of aliphatic hydroxyl groups is 1. The smallest absolute Gasteiger partial charge is 0.0804 e. The number of aliphatic hydroxyl groups excluding tert-OH is 1. The molecule has 0 aliphatic heterocycles. The summed E-state index contributed by atoms with van der Waals surface area (Å²) in [4.78, 5) is 0. The molecule has 0 fully saturated rings. The van der Waals surface area contributed by atoms with E-state index in [1.807, 2.05) is 6.07 Å². The van der Waals surface area contributed by atoms with Gasteiger partial charge < -0.3 is 9.67 Å². The third kappa shape index (κ3) is 2.80. The van der Waals surface area contributed by atoms with E-state index >= 15 is 0 Å². The summed E-state index contributed by atoms with van der Waals surface area (Å²) in [5, 5.41) is 10.0. The second-order valence-corrected chi connectivity index (χ2v) is 5.88. The first kappa shape index (κ1) is 13.4. The molecule has 2 aromatic rings. The van der Waals surface area contributed by atoms with Crippen molar-refractivity contribution >= 4 is 0 Å². The number of aromatic nitrogens is 1. The van der Waals surface area contributed by atoms with Crippen LogP contribution >= 0.6 is 0 Å². The minimum absolute atomic E-state index is 0.318. The van der Waals surface area contributed by atoms with Gasteiger partial charge in [0.2, 0.25) is 0 Å². The first-order chi connectivity index (χ1) is 9.76. The first-order valence-corrected chi connectivity index (χ1v) is 7.70. The predicted molar refractivity (Wildman–Crippen MR) is 81.9 cm³/mol. The van der Waals surface area contributed by atoms with E-state index in [1.165, 1.54) is 36.0 Å². The Balaban J connectivity index is 1.71. The highest BCUT2D eigenvalue weighted by atomic mass is 16.3. The molecule has 20 heavy (non-hydrogen) atoms. The summed E-state index contributed by atoms with van der Waals surface area (Å²) in [6, 6.07) is 8.92. The fraction of sp³-hybridized carbons (Fsp3) is 0.444. The Morgan fingerprint density at radius 2 is 2.05 bits per heavy atom. The van der Waals surface area contributed by atoms with E-state index in [4.69, 9.17) is 0 Å². The maximum absolute atomic E-state index is 10.0. The highest BCUT2D eigenvalue weighted by molar-refractivity contribution is 5.35. The van der Waals surface area contributed by atoms with E-state index in [1.54, 1.807) is 0 Å². The zero-order valence-electron chi connectivity index (χ0n) is 12.2. The van der Waals surface area contributed by atoms with E-state index in [-0.39, 0.29) is 6.10 Å². The minimum Gasteiger partial charge on any atom is -0.388 e. The fourth-order valence-corrected chi connectivity index (χ4v) is 3.13. The van der Waals surface area contributed by atoms with Crippen LogP contribution in [-0.4, -0.2) is 9.67 Å². The molecule has 1 aromatic heterocycles. The molecule has 1 heterocycles.